The Morgan fingerprint density at radius 3 is 3.10 bits per heavy atom. The molecule has 0 N–H and O–H groups in total. The number of thiazole rings is 1. The van der Waals surface area contributed by atoms with Gasteiger partial charge in [0, 0.05) is 10.2 Å². The van der Waals surface area contributed by atoms with Crippen LogP contribution in [-0.4, -0.2) is 10.3 Å². The zero-order valence-corrected chi connectivity index (χ0v) is 8.08. The molecule has 0 amide bonds. The Balaban J connectivity index is 2.74. The Bertz CT molecular complexity index is 229. The fourth-order valence-corrected chi connectivity index (χ4v) is 1.53. The minimum Gasteiger partial charge on any atom is -0.249 e. The number of hydrogen-bond acceptors (Lipinski definition) is 2. The Hall–Kier alpha value is -0.150. The van der Waals surface area contributed by atoms with Gasteiger partial charge < -0.3 is 0 Å². The van der Waals surface area contributed by atoms with Crippen LogP contribution in [0.25, 0.3) is 6.08 Å². The van der Waals surface area contributed by atoms with E-state index in [1.54, 1.807) is 11.3 Å². The average molecular weight is 218 g/mol. The van der Waals surface area contributed by atoms with Crippen LogP contribution in [0.4, 0.5) is 0 Å². The van der Waals surface area contributed by atoms with E-state index < -0.39 is 0 Å². The lowest BCUT2D eigenvalue weighted by atomic mass is 10.4. The van der Waals surface area contributed by atoms with Gasteiger partial charge in [-0.1, -0.05) is 22.0 Å². The largest absolute Gasteiger partial charge is 0.249 e. The minimum absolute atomic E-state index is 0.907. The summed E-state index contributed by atoms with van der Waals surface area (Å²) in [6, 6.07) is 0. The standard InChI is InChI=1S/C7H8BrNS/c1-6-7(3-2-4-8)10-5-9-6/h2-3,5H,4H2,1H3. The number of halogens is 1. The van der Waals surface area contributed by atoms with Crippen molar-refractivity contribution in [2.75, 3.05) is 5.33 Å². The van der Waals surface area contributed by atoms with Crippen LogP contribution in [0.2, 0.25) is 0 Å². The molecule has 0 aromatic carbocycles. The normalized spacial score (nSPS) is 11.0. The Labute approximate surface area is 72.9 Å². The molecule has 1 aromatic heterocycles. The van der Waals surface area contributed by atoms with E-state index in [2.05, 4.69) is 33.1 Å². The second-order valence-corrected chi connectivity index (χ2v) is 3.39. The van der Waals surface area contributed by atoms with E-state index in [9.17, 15) is 0 Å². The molecule has 0 spiro atoms. The van der Waals surface area contributed by atoms with E-state index in [1.807, 2.05) is 12.4 Å². The molecule has 3 heteroatoms. The van der Waals surface area contributed by atoms with Gasteiger partial charge in [0.1, 0.15) is 0 Å². The fourth-order valence-electron chi connectivity index (χ4n) is 0.623. The Morgan fingerprint density at radius 1 is 1.80 bits per heavy atom. The van der Waals surface area contributed by atoms with Crippen molar-refractivity contribution in [3.05, 3.63) is 22.2 Å². The van der Waals surface area contributed by atoms with Crippen molar-refractivity contribution < 1.29 is 0 Å². The van der Waals surface area contributed by atoms with Crippen molar-refractivity contribution in [1.29, 1.82) is 0 Å². The molecule has 1 nitrogen and oxygen atoms in total. The third-order valence-corrected chi connectivity index (χ3v) is 2.41. The molecule has 0 fully saturated rings. The van der Waals surface area contributed by atoms with Crippen LogP contribution < -0.4 is 0 Å². The van der Waals surface area contributed by atoms with E-state index in [1.165, 1.54) is 4.88 Å². The highest BCUT2D eigenvalue weighted by atomic mass is 79.9. The number of rotatable bonds is 2. The first kappa shape index (κ1) is 7.95. The second kappa shape index (κ2) is 3.88. The van der Waals surface area contributed by atoms with Gasteiger partial charge in [0.2, 0.25) is 0 Å². The zero-order valence-electron chi connectivity index (χ0n) is 5.67. The van der Waals surface area contributed by atoms with Crippen molar-refractivity contribution in [3.8, 4) is 0 Å². The van der Waals surface area contributed by atoms with Crippen LogP contribution >= 0.6 is 27.3 Å². The molecule has 10 heavy (non-hydrogen) atoms. The smallest absolute Gasteiger partial charge is 0.0801 e. The maximum absolute atomic E-state index is 4.12. The third kappa shape index (κ3) is 1.92. The first-order valence-electron chi connectivity index (χ1n) is 2.97. The van der Waals surface area contributed by atoms with Crippen molar-refractivity contribution in [2.45, 2.75) is 6.92 Å². The highest BCUT2D eigenvalue weighted by Crippen LogP contribution is 2.13. The molecular weight excluding hydrogens is 210 g/mol. The van der Waals surface area contributed by atoms with Crippen LogP contribution in [-0.2, 0) is 0 Å². The van der Waals surface area contributed by atoms with E-state index in [0.717, 1.165) is 11.0 Å². The van der Waals surface area contributed by atoms with Crippen LogP contribution in [0.15, 0.2) is 11.6 Å². The van der Waals surface area contributed by atoms with Gasteiger partial charge in [-0.25, -0.2) is 4.98 Å². The molecule has 1 heterocycles. The summed E-state index contributed by atoms with van der Waals surface area (Å²) in [5, 5.41) is 0.907. The predicted octanol–water partition coefficient (Wildman–Crippen LogP) is 2.86. The third-order valence-electron chi connectivity index (χ3n) is 1.14. The first-order valence-corrected chi connectivity index (χ1v) is 4.97. The Morgan fingerprint density at radius 2 is 2.60 bits per heavy atom. The van der Waals surface area contributed by atoms with Gasteiger partial charge in [-0.2, -0.15) is 0 Å². The molecule has 0 atom stereocenters. The molecule has 0 radical (unpaired) electrons. The number of aromatic nitrogens is 1. The van der Waals surface area contributed by atoms with Gasteiger partial charge in [0.25, 0.3) is 0 Å². The van der Waals surface area contributed by atoms with Gasteiger partial charge >= 0.3 is 0 Å². The maximum atomic E-state index is 4.12. The van der Waals surface area contributed by atoms with Gasteiger partial charge in [-0.05, 0) is 13.0 Å². The molecule has 0 aliphatic carbocycles. The minimum atomic E-state index is 0.907. The zero-order chi connectivity index (χ0) is 7.40. The van der Waals surface area contributed by atoms with Gasteiger partial charge in [0.15, 0.2) is 0 Å². The number of nitrogens with zero attached hydrogens (tertiary/aromatic N) is 1. The lowest BCUT2D eigenvalue weighted by Gasteiger charge is -1.84. The van der Waals surface area contributed by atoms with Crippen molar-refractivity contribution in [1.82, 2.24) is 4.98 Å². The fraction of sp³-hybridized carbons (Fsp3) is 0.286. The van der Waals surface area contributed by atoms with Crippen molar-refractivity contribution in [2.24, 2.45) is 0 Å². The second-order valence-electron chi connectivity index (χ2n) is 1.86. The quantitative estimate of drug-likeness (QED) is 0.695. The predicted molar refractivity (Wildman–Crippen MR) is 49.7 cm³/mol. The summed E-state index contributed by atoms with van der Waals surface area (Å²) in [5.74, 6) is 0. The summed E-state index contributed by atoms with van der Waals surface area (Å²) in [6.07, 6.45) is 4.16. The van der Waals surface area contributed by atoms with E-state index in [0.29, 0.717) is 0 Å². The topological polar surface area (TPSA) is 12.9 Å². The Kier molecular flexibility index (Phi) is 3.09. The van der Waals surface area contributed by atoms with Gasteiger partial charge in [0.05, 0.1) is 11.2 Å². The summed E-state index contributed by atoms with van der Waals surface area (Å²) < 4.78 is 0. The summed E-state index contributed by atoms with van der Waals surface area (Å²) >= 11 is 4.99. The molecule has 0 aliphatic rings. The maximum Gasteiger partial charge on any atom is 0.0801 e. The van der Waals surface area contributed by atoms with Gasteiger partial charge in [-0.15, -0.1) is 11.3 Å². The van der Waals surface area contributed by atoms with E-state index >= 15 is 0 Å². The molecule has 0 aliphatic heterocycles. The number of allylic oxidation sites excluding steroid dienone is 1. The number of alkyl halides is 1. The summed E-state index contributed by atoms with van der Waals surface area (Å²) in [4.78, 5) is 5.37. The van der Waals surface area contributed by atoms with E-state index in [-0.39, 0.29) is 0 Å². The highest BCUT2D eigenvalue weighted by Gasteiger charge is 1.93. The number of hydrogen-bond donors (Lipinski definition) is 0. The first-order chi connectivity index (χ1) is 4.84. The molecule has 54 valence electrons. The summed E-state index contributed by atoms with van der Waals surface area (Å²) in [6.45, 7) is 2.02. The molecule has 0 unspecified atom stereocenters. The molecular formula is C7H8BrNS. The monoisotopic (exact) mass is 217 g/mol. The van der Waals surface area contributed by atoms with Crippen LogP contribution in [0.3, 0.4) is 0 Å². The van der Waals surface area contributed by atoms with Gasteiger partial charge in [-0.3, -0.25) is 0 Å². The number of aryl methyl sites for hydroxylation is 1. The SMILES string of the molecule is Cc1ncsc1C=CCBr. The average Bonchev–Trinajstić information content (AvgIpc) is 2.31. The van der Waals surface area contributed by atoms with Crippen LogP contribution in [0.5, 0.6) is 0 Å². The van der Waals surface area contributed by atoms with E-state index in [4.69, 9.17) is 0 Å². The van der Waals surface area contributed by atoms with Crippen LogP contribution in [0.1, 0.15) is 10.6 Å². The lowest BCUT2D eigenvalue weighted by Crippen LogP contribution is -1.71. The van der Waals surface area contributed by atoms with Crippen molar-refractivity contribution in [3.63, 3.8) is 0 Å². The summed E-state index contributed by atoms with van der Waals surface area (Å²) in [5.41, 5.74) is 2.98. The molecule has 0 saturated carbocycles. The lowest BCUT2D eigenvalue weighted by molar-refractivity contribution is 1.26. The van der Waals surface area contributed by atoms with Crippen molar-refractivity contribution >= 4 is 33.3 Å². The summed E-state index contributed by atoms with van der Waals surface area (Å²) in [7, 11) is 0. The molecule has 0 saturated heterocycles. The molecule has 1 rings (SSSR count). The molecule has 1 aromatic rings. The molecule has 0 bridgehead atoms. The highest BCUT2D eigenvalue weighted by molar-refractivity contribution is 9.09. The van der Waals surface area contributed by atoms with Crippen LogP contribution in [0, 0.1) is 6.92 Å².